The van der Waals surface area contributed by atoms with Crippen molar-refractivity contribution in [1.82, 2.24) is 10.3 Å². The SMILES string of the molecule is O=C(CO[C@H]1CCNC1)c1ccccn1. The van der Waals surface area contributed by atoms with E-state index in [0.717, 1.165) is 19.5 Å². The van der Waals surface area contributed by atoms with Gasteiger partial charge < -0.3 is 10.1 Å². The molecule has 0 aromatic carbocycles. The molecule has 1 aliphatic heterocycles. The third-order valence-electron chi connectivity index (χ3n) is 2.42. The summed E-state index contributed by atoms with van der Waals surface area (Å²) in [4.78, 5) is 15.6. The quantitative estimate of drug-likeness (QED) is 0.735. The largest absolute Gasteiger partial charge is 0.369 e. The fourth-order valence-electron chi connectivity index (χ4n) is 1.57. The average molecular weight is 206 g/mol. The molecule has 0 amide bonds. The fourth-order valence-corrected chi connectivity index (χ4v) is 1.57. The standard InChI is InChI=1S/C11H14N2O2/c14-11(10-3-1-2-5-13-10)8-15-9-4-6-12-7-9/h1-3,5,9,12H,4,6-8H2/t9-/m0/s1. The van der Waals surface area contributed by atoms with Gasteiger partial charge in [0.15, 0.2) is 0 Å². The van der Waals surface area contributed by atoms with Crippen LogP contribution in [-0.4, -0.2) is 36.6 Å². The van der Waals surface area contributed by atoms with Gasteiger partial charge in [0.25, 0.3) is 0 Å². The molecule has 1 aromatic heterocycles. The summed E-state index contributed by atoms with van der Waals surface area (Å²) >= 11 is 0. The minimum absolute atomic E-state index is 0.0532. The van der Waals surface area contributed by atoms with Crippen molar-refractivity contribution in [3.63, 3.8) is 0 Å². The summed E-state index contributed by atoms with van der Waals surface area (Å²) in [6.07, 6.45) is 2.78. The number of ether oxygens (including phenoxy) is 1. The van der Waals surface area contributed by atoms with Crippen LogP contribution < -0.4 is 5.32 Å². The number of pyridine rings is 1. The molecule has 1 atom stereocenters. The second-order valence-electron chi connectivity index (χ2n) is 3.56. The van der Waals surface area contributed by atoms with E-state index in [1.807, 2.05) is 0 Å². The first-order valence-corrected chi connectivity index (χ1v) is 5.13. The highest BCUT2D eigenvalue weighted by Gasteiger charge is 2.16. The lowest BCUT2D eigenvalue weighted by Gasteiger charge is -2.08. The highest BCUT2D eigenvalue weighted by Crippen LogP contribution is 2.04. The van der Waals surface area contributed by atoms with Gasteiger partial charge in [0.2, 0.25) is 5.78 Å². The Labute approximate surface area is 88.7 Å². The molecule has 4 nitrogen and oxygen atoms in total. The lowest BCUT2D eigenvalue weighted by Crippen LogP contribution is -2.21. The molecule has 0 unspecified atom stereocenters. The summed E-state index contributed by atoms with van der Waals surface area (Å²) in [5, 5.41) is 3.18. The van der Waals surface area contributed by atoms with Gasteiger partial charge in [0, 0.05) is 12.7 Å². The van der Waals surface area contributed by atoms with E-state index in [9.17, 15) is 4.79 Å². The molecule has 2 rings (SSSR count). The maximum atomic E-state index is 11.6. The van der Waals surface area contributed by atoms with Crippen molar-refractivity contribution in [3.8, 4) is 0 Å². The molecule has 0 spiro atoms. The molecule has 0 aliphatic carbocycles. The molecule has 1 saturated heterocycles. The highest BCUT2D eigenvalue weighted by molar-refractivity contribution is 5.95. The van der Waals surface area contributed by atoms with Crippen LogP contribution >= 0.6 is 0 Å². The molecule has 4 heteroatoms. The van der Waals surface area contributed by atoms with Crippen molar-refractivity contribution in [1.29, 1.82) is 0 Å². The highest BCUT2D eigenvalue weighted by atomic mass is 16.5. The van der Waals surface area contributed by atoms with Gasteiger partial charge in [-0.2, -0.15) is 0 Å². The van der Waals surface area contributed by atoms with Gasteiger partial charge in [-0.05, 0) is 25.1 Å². The Hall–Kier alpha value is -1.26. The number of rotatable bonds is 4. The van der Waals surface area contributed by atoms with Crippen molar-refractivity contribution >= 4 is 5.78 Å². The number of hydrogen-bond donors (Lipinski definition) is 1. The van der Waals surface area contributed by atoms with Crippen molar-refractivity contribution < 1.29 is 9.53 Å². The van der Waals surface area contributed by atoms with E-state index in [2.05, 4.69) is 10.3 Å². The lowest BCUT2D eigenvalue weighted by atomic mass is 10.2. The topological polar surface area (TPSA) is 51.2 Å². The second-order valence-corrected chi connectivity index (χ2v) is 3.56. The smallest absolute Gasteiger partial charge is 0.206 e. The average Bonchev–Trinajstić information content (AvgIpc) is 2.80. The second kappa shape index (κ2) is 5.00. The number of nitrogens with one attached hydrogen (secondary N) is 1. The van der Waals surface area contributed by atoms with E-state index in [1.165, 1.54) is 0 Å². The molecule has 1 aliphatic rings. The third kappa shape index (κ3) is 2.84. The van der Waals surface area contributed by atoms with E-state index in [1.54, 1.807) is 24.4 Å². The van der Waals surface area contributed by atoms with Gasteiger partial charge in [-0.15, -0.1) is 0 Å². The molecular weight excluding hydrogens is 192 g/mol. The first-order valence-electron chi connectivity index (χ1n) is 5.13. The molecule has 1 fully saturated rings. The summed E-state index contributed by atoms with van der Waals surface area (Å²) in [5.41, 5.74) is 0.475. The number of Topliss-reactive ketones (excluding diaryl/α,β-unsaturated/α-hetero) is 1. The first kappa shape index (κ1) is 10.3. The maximum absolute atomic E-state index is 11.6. The summed E-state index contributed by atoms with van der Waals surface area (Å²) in [6, 6.07) is 5.30. The molecule has 80 valence electrons. The van der Waals surface area contributed by atoms with Gasteiger partial charge in [0.05, 0.1) is 6.10 Å². The Morgan fingerprint density at radius 1 is 1.60 bits per heavy atom. The van der Waals surface area contributed by atoms with E-state index < -0.39 is 0 Å². The van der Waals surface area contributed by atoms with Crippen LogP contribution in [0.5, 0.6) is 0 Å². The van der Waals surface area contributed by atoms with Crippen LogP contribution in [0.4, 0.5) is 0 Å². The van der Waals surface area contributed by atoms with Crippen molar-refractivity contribution in [2.75, 3.05) is 19.7 Å². The van der Waals surface area contributed by atoms with Gasteiger partial charge >= 0.3 is 0 Å². The van der Waals surface area contributed by atoms with Crippen LogP contribution in [0.25, 0.3) is 0 Å². The number of carbonyl (C=O) groups excluding carboxylic acids is 1. The molecule has 1 aromatic rings. The number of hydrogen-bond acceptors (Lipinski definition) is 4. The minimum atomic E-state index is -0.0532. The van der Waals surface area contributed by atoms with Gasteiger partial charge in [-0.3, -0.25) is 9.78 Å². The zero-order valence-electron chi connectivity index (χ0n) is 8.48. The first-order chi connectivity index (χ1) is 7.36. The number of aromatic nitrogens is 1. The van der Waals surface area contributed by atoms with Crippen LogP contribution in [-0.2, 0) is 4.74 Å². The third-order valence-corrected chi connectivity index (χ3v) is 2.42. The fraction of sp³-hybridized carbons (Fsp3) is 0.455. The van der Waals surface area contributed by atoms with Crippen LogP contribution in [0.3, 0.4) is 0 Å². The van der Waals surface area contributed by atoms with Crippen molar-refractivity contribution in [2.24, 2.45) is 0 Å². The minimum Gasteiger partial charge on any atom is -0.369 e. The summed E-state index contributed by atoms with van der Waals surface area (Å²) in [5.74, 6) is -0.0532. The van der Waals surface area contributed by atoms with Crippen LogP contribution in [0.1, 0.15) is 16.9 Å². The molecule has 15 heavy (non-hydrogen) atoms. The van der Waals surface area contributed by atoms with E-state index in [-0.39, 0.29) is 18.5 Å². The molecule has 2 heterocycles. The molecule has 0 saturated carbocycles. The summed E-state index contributed by atoms with van der Waals surface area (Å²) < 4.78 is 5.47. The Morgan fingerprint density at radius 3 is 3.20 bits per heavy atom. The Bertz CT molecular complexity index is 321. The Kier molecular flexibility index (Phi) is 3.42. The van der Waals surface area contributed by atoms with Crippen molar-refractivity contribution in [2.45, 2.75) is 12.5 Å². The van der Waals surface area contributed by atoms with Crippen LogP contribution in [0.2, 0.25) is 0 Å². The lowest BCUT2D eigenvalue weighted by molar-refractivity contribution is 0.0526. The van der Waals surface area contributed by atoms with Crippen molar-refractivity contribution in [3.05, 3.63) is 30.1 Å². The maximum Gasteiger partial charge on any atom is 0.206 e. The Morgan fingerprint density at radius 2 is 2.53 bits per heavy atom. The van der Waals surface area contributed by atoms with Gasteiger partial charge in [-0.1, -0.05) is 6.07 Å². The number of nitrogens with zero attached hydrogens (tertiary/aromatic N) is 1. The van der Waals surface area contributed by atoms with E-state index >= 15 is 0 Å². The molecular formula is C11H14N2O2. The molecule has 0 radical (unpaired) electrons. The van der Waals surface area contributed by atoms with Gasteiger partial charge in [0.1, 0.15) is 12.3 Å². The molecule has 0 bridgehead atoms. The zero-order chi connectivity index (χ0) is 10.5. The monoisotopic (exact) mass is 206 g/mol. The number of carbonyl (C=O) groups is 1. The van der Waals surface area contributed by atoms with Crippen LogP contribution in [0, 0.1) is 0 Å². The molecule has 1 N–H and O–H groups in total. The predicted octanol–water partition coefficient (Wildman–Crippen LogP) is 0.643. The van der Waals surface area contributed by atoms with E-state index in [4.69, 9.17) is 4.74 Å². The van der Waals surface area contributed by atoms with E-state index in [0.29, 0.717) is 5.69 Å². The van der Waals surface area contributed by atoms with Gasteiger partial charge in [-0.25, -0.2) is 0 Å². The summed E-state index contributed by atoms with van der Waals surface area (Å²) in [6.45, 7) is 1.95. The zero-order valence-corrected chi connectivity index (χ0v) is 8.48. The van der Waals surface area contributed by atoms with Crippen LogP contribution in [0.15, 0.2) is 24.4 Å². The normalized spacial score (nSPS) is 20.4. The number of ketones is 1. The predicted molar refractivity (Wildman–Crippen MR) is 55.8 cm³/mol. The summed E-state index contributed by atoms with van der Waals surface area (Å²) in [7, 11) is 0. The Balaban J connectivity index is 1.82.